The maximum absolute atomic E-state index is 11.9. The standard InChI is InChI=1S/C14H24F3NO2S/c15-14(16,17)8-4-9-21-10-7-12(18)13(19)20-11-5-2-1-3-6-11/h11-12H,1-10,18H2. The van der Waals surface area contributed by atoms with Crippen molar-refractivity contribution in [3.63, 3.8) is 0 Å². The van der Waals surface area contributed by atoms with Crippen LogP contribution in [0.4, 0.5) is 13.2 Å². The minimum Gasteiger partial charge on any atom is -0.461 e. The van der Waals surface area contributed by atoms with Crippen LogP contribution in [-0.2, 0) is 9.53 Å². The van der Waals surface area contributed by atoms with Crippen LogP contribution >= 0.6 is 11.8 Å². The van der Waals surface area contributed by atoms with E-state index in [-0.39, 0.29) is 18.5 Å². The molecule has 2 N–H and O–H groups in total. The summed E-state index contributed by atoms with van der Waals surface area (Å²) in [5.74, 6) is 0.640. The van der Waals surface area contributed by atoms with Crippen molar-refractivity contribution in [2.75, 3.05) is 11.5 Å². The van der Waals surface area contributed by atoms with Gasteiger partial charge < -0.3 is 10.5 Å². The van der Waals surface area contributed by atoms with Gasteiger partial charge in [0.15, 0.2) is 0 Å². The first kappa shape index (κ1) is 18.6. The maximum Gasteiger partial charge on any atom is 0.389 e. The molecule has 1 fully saturated rings. The lowest BCUT2D eigenvalue weighted by Gasteiger charge is -2.23. The highest BCUT2D eigenvalue weighted by Gasteiger charge is 2.26. The van der Waals surface area contributed by atoms with Crippen LogP contribution < -0.4 is 5.73 Å². The quantitative estimate of drug-likeness (QED) is 0.546. The Labute approximate surface area is 128 Å². The van der Waals surface area contributed by atoms with Crippen molar-refractivity contribution in [3.05, 3.63) is 0 Å². The van der Waals surface area contributed by atoms with Crippen molar-refractivity contribution in [1.82, 2.24) is 0 Å². The van der Waals surface area contributed by atoms with Crippen LogP contribution in [0.5, 0.6) is 0 Å². The van der Waals surface area contributed by atoms with Gasteiger partial charge in [-0.05, 0) is 50.0 Å². The number of thioether (sulfide) groups is 1. The summed E-state index contributed by atoms with van der Waals surface area (Å²) in [6.45, 7) is 0. The van der Waals surface area contributed by atoms with E-state index in [0.717, 1.165) is 25.7 Å². The summed E-state index contributed by atoms with van der Waals surface area (Å²) in [7, 11) is 0. The number of rotatable bonds is 8. The van der Waals surface area contributed by atoms with Gasteiger partial charge in [-0.15, -0.1) is 0 Å². The number of esters is 1. The van der Waals surface area contributed by atoms with Crippen molar-refractivity contribution in [2.45, 2.75) is 69.7 Å². The van der Waals surface area contributed by atoms with Crippen LogP contribution in [0.25, 0.3) is 0 Å². The van der Waals surface area contributed by atoms with Crippen molar-refractivity contribution in [3.8, 4) is 0 Å². The molecule has 0 bridgehead atoms. The lowest BCUT2D eigenvalue weighted by molar-refractivity contribution is -0.152. The Kier molecular flexibility index (Phi) is 8.48. The number of hydrogen-bond acceptors (Lipinski definition) is 4. The Morgan fingerprint density at radius 3 is 2.52 bits per heavy atom. The van der Waals surface area contributed by atoms with E-state index >= 15 is 0 Å². The lowest BCUT2D eigenvalue weighted by Crippen LogP contribution is -2.36. The highest BCUT2D eigenvalue weighted by molar-refractivity contribution is 7.99. The van der Waals surface area contributed by atoms with E-state index in [2.05, 4.69) is 0 Å². The molecule has 0 aromatic carbocycles. The largest absolute Gasteiger partial charge is 0.461 e. The first-order chi connectivity index (χ1) is 9.88. The molecule has 0 aromatic heterocycles. The van der Waals surface area contributed by atoms with Crippen LogP contribution in [0, 0.1) is 0 Å². The second-order valence-corrected chi connectivity index (χ2v) is 6.65. The molecule has 0 heterocycles. The summed E-state index contributed by atoms with van der Waals surface area (Å²) in [6, 6.07) is -0.665. The fourth-order valence-electron chi connectivity index (χ4n) is 2.24. The van der Waals surface area contributed by atoms with E-state index in [1.54, 1.807) is 0 Å². The van der Waals surface area contributed by atoms with Crippen LogP contribution in [0.3, 0.4) is 0 Å². The lowest BCUT2D eigenvalue weighted by atomic mass is 9.98. The van der Waals surface area contributed by atoms with E-state index in [1.165, 1.54) is 18.2 Å². The molecule has 0 spiro atoms. The first-order valence-electron chi connectivity index (χ1n) is 7.49. The van der Waals surface area contributed by atoms with Crippen molar-refractivity contribution >= 4 is 17.7 Å². The molecule has 0 amide bonds. The van der Waals surface area contributed by atoms with E-state index in [9.17, 15) is 18.0 Å². The molecular formula is C14H24F3NO2S. The van der Waals surface area contributed by atoms with Crippen molar-refractivity contribution in [2.24, 2.45) is 5.73 Å². The fraction of sp³-hybridized carbons (Fsp3) is 0.929. The fourth-order valence-corrected chi connectivity index (χ4v) is 3.21. The third-order valence-electron chi connectivity index (χ3n) is 3.46. The van der Waals surface area contributed by atoms with Gasteiger partial charge in [-0.1, -0.05) is 6.42 Å². The van der Waals surface area contributed by atoms with Crippen molar-refractivity contribution in [1.29, 1.82) is 0 Å². The third-order valence-corrected chi connectivity index (χ3v) is 4.56. The van der Waals surface area contributed by atoms with E-state index in [4.69, 9.17) is 10.5 Å². The number of alkyl halides is 3. The van der Waals surface area contributed by atoms with Crippen molar-refractivity contribution < 1.29 is 22.7 Å². The van der Waals surface area contributed by atoms with Gasteiger partial charge in [0.05, 0.1) is 0 Å². The smallest absolute Gasteiger partial charge is 0.389 e. The highest BCUT2D eigenvalue weighted by atomic mass is 32.2. The van der Waals surface area contributed by atoms with Crippen LogP contribution in [0.2, 0.25) is 0 Å². The Bertz CT molecular complexity index is 307. The number of ether oxygens (including phenoxy) is 1. The monoisotopic (exact) mass is 327 g/mol. The van der Waals surface area contributed by atoms with E-state index in [1.807, 2.05) is 0 Å². The highest BCUT2D eigenvalue weighted by Crippen LogP contribution is 2.23. The molecule has 1 aliphatic rings. The number of hydrogen-bond donors (Lipinski definition) is 1. The summed E-state index contributed by atoms with van der Waals surface area (Å²) in [5.41, 5.74) is 5.75. The van der Waals surface area contributed by atoms with Gasteiger partial charge in [-0.25, -0.2) is 0 Å². The predicted molar refractivity (Wildman–Crippen MR) is 78.2 cm³/mol. The topological polar surface area (TPSA) is 52.3 Å². The molecule has 1 aliphatic carbocycles. The zero-order chi connectivity index (χ0) is 15.7. The van der Waals surface area contributed by atoms with Gasteiger partial charge in [0.2, 0.25) is 0 Å². The Hall–Kier alpha value is -0.430. The molecule has 1 saturated carbocycles. The van der Waals surface area contributed by atoms with Crippen LogP contribution in [0.15, 0.2) is 0 Å². The molecule has 1 atom stereocenters. The molecule has 1 rings (SSSR count). The molecule has 0 radical (unpaired) electrons. The summed E-state index contributed by atoms with van der Waals surface area (Å²) in [5, 5.41) is 0. The van der Waals surface area contributed by atoms with Crippen LogP contribution in [0.1, 0.15) is 51.4 Å². The Balaban J connectivity index is 2.04. The molecule has 21 heavy (non-hydrogen) atoms. The van der Waals surface area contributed by atoms with Gasteiger partial charge in [-0.3, -0.25) is 4.79 Å². The average Bonchev–Trinajstić information content (AvgIpc) is 2.42. The molecule has 124 valence electrons. The van der Waals surface area contributed by atoms with Gasteiger partial charge in [-0.2, -0.15) is 24.9 Å². The predicted octanol–water partition coefficient (Wildman–Crippen LogP) is 3.66. The summed E-state index contributed by atoms with van der Waals surface area (Å²) >= 11 is 1.40. The molecule has 3 nitrogen and oxygen atoms in total. The maximum atomic E-state index is 11.9. The van der Waals surface area contributed by atoms with E-state index < -0.39 is 18.6 Å². The number of carbonyl (C=O) groups excluding carboxylic acids is 1. The summed E-state index contributed by atoms with van der Waals surface area (Å²) in [6.07, 6.45) is 0.889. The molecule has 7 heteroatoms. The molecule has 0 saturated heterocycles. The molecular weight excluding hydrogens is 303 g/mol. The van der Waals surface area contributed by atoms with Gasteiger partial charge in [0.1, 0.15) is 12.1 Å². The van der Waals surface area contributed by atoms with Gasteiger partial charge in [0.25, 0.3) is 0 Å². The minimum absolute atomic E-state index is 0.00302. The molecule has 0 aromatic rings. The average molecular weight is 327 g/mol. The Morgan fingerprint density at radius 2 is 1.90 bits per heavy atom. The number of halogens is 3. The molecule has 1 unspecified atom stereocenters. The van der Waals surface area contributed by atoms with E-state index in [0.29, 0.717) is 17.9 Å². The van der Waals surface area contributed by atoms with Gasteiger partial charge in [0, 0.05) is 6.42 Å². The summed E-state index contributed by atoms with van der Waals surface area (Å²) in [4.78, 5) is 11.8. The number of carbonyl (C=O) groups is 1. The second kappa shape index (κ2) is 9.56. The normalized spacial score (nSPS) is 18.5. The zero-order valence-corrected chi connectivity index (χ0v) is 13.0. The van der Waals surface area contributed by atoms with Crippen LogP contribution in [-0.4, -0.2) is 35.8 Å². The summed E-state index contributed by atoms with van der Waals surface area (Å²) < 4.78 is 41.1. The SMILES string of the molecule is NC(CCSCCCC(F)(F)F)C(=O)OC1CCCCC1. The second-order valence-electron chi connectivity index (χ2n) is 5.42. The third kappa shape index (κ3) is 9.24. The zero-order valence-electron chi connectivity index (χ0n) is 12.2. The minimum atomic E-state index is -4.08. The first-order valence-corrected chi connectivity index (χ1v) is 8.64. The van der Waals surface area contributed by atoms with Gasteiger partial charge >= 0.3 is 12.1 Å². The number of nitrogens with two attached hydrogens (primary N) is 1. The Morgan fingerprint density at radius 1 is 1.24 bits per heavy atom. The molecule has 0 aliphatic heterocycles.